The molecule has 0 heterocycles. The molecular formula is C13H29NSi3. The summed E-state index contributed by atoms with van der Waals surface area (Å²) in [7, 11) is -3.97. The molecule has 0 atom stereocenters. The monoisotopic (exact) mass is 283 g/mol. The Hall–Kier alpha value is 0.0906. The maximum atomic E-state index is 4.09. The smallest absolute Gasteiger partial charge is 0.124 e. The Kier molecular flexibility index (Phi) is 3.86. The van der Waals surface area contributed by atoms with Crippen LogP contribution in [0.4, 0.5) is 0 Å². The quantitative estimate of drug-likeness (QED) is 0.756. The van der Waals surface area contributed by atoms with Crippen molar-refractivity contribution in [2.45, 2.75) is 57.0 Å². The van der Waals surface area contributed by atoms with Crippen molar-refractivity contribution in [3.8, 4) is 0 Å². The van der Waals surface area contributed by atoms with Gasteiger partial charge >= 0.3 is 0 Å². The lowest BCUT2D eigenvalue weighted by molar-refractivity contribution is 1.04. The van der Waals surface area contributed by atoms with Gasteiger partial charge in [0.2, 0.25) is 0 Å². The second-order valence-electron chi connectivity index (χ2n) is 7.84. The molecular weight excluding hydrogens is 254 g/mol. The highest BCUT2D eigenvalue weighted by Gasteiger charge is 2.53. The number of hydrogen-bond donors (Lipinski definition) is 1. The highest BCUT2D eigenvalue weighted by molar-refractivity contribution is 7.04. The third-order valence-electron chi connectivity index (χ3n) is 3.79. The molecule has 0 spiro atoms. The second-order valence-corrected chi connectivity index (χ2v) is 23.2. The van der Waals surface area contributed by atoms with Gasteiger partial charge in [-0.2, -0.15) is 0 Å². The van der Waals surface area contributed by atoms with Crippen molar-refractivity contribution in [1.29, 1.82) is 0 Å². The number of nitrogens with one attached hydrogen (secondary N) is 1. The van der Waals surface area contributed by atoms with Crippen LogP contribution in [0, 0.1) is 0 Å². The van der Waals surface area contributed by atoms with E-state index in [2.05, 4.69) is 81.3 Å². The van der Waals surface area contributed by atoms with Crippen LogP contribution in [0.5, 0.6) is 0 Å². The highest BCUT2D eigenvalue weighted by atomic mass is 28.4. The van der Waals surface area contributed by atoms with Crippen molar-refractivity contribution in [3.05, 3.63) is 24.3 Å². The van der Waals surface area contributed by atoms with Gasteiger partial charge in [0.25, 0.3) is 0 Å². The van der Waals surface area contributed by atoms with E-state index in [9.17, 15) is 0 Å². The van der Waals surface area contributed by atoms with Crippen molar-refractivity contribution in [3.63, 3.8) is 0 Å². The van der Waals surface area contributed by atoms with Crippen LogP contribution in [0.3, 0.4) is 0 Å². The molecule has 1 N–H and O–H groups in total. The summed E-state index contributed by atoms with van der Waals surface area (Å²) in [5, 5.41) is 0. The van der Waals surface area contributed by atoms with Gasteiger partial charge in [-0.1, -0.05) is 76.7 Å². The van der Waals surface area contributed by atoms with E-state index >= 15 is 0 Å². The van der Waals surface area contributed by atoms with Gasteiger partial charge in [-0.25, -0.2) is 0 Å². The molecule has 1 aliphatic rings. The van der Waals surface area contributed by atoms with E-state index < -0.39 is 24.5 Å². The zero-order chi connectivity index (χ0) is 13.5. The lowest BCUT2D eigenvalue weighted by atomic mass is 10.4. The van der Waals surface area contributed by atoms with Gasteiger partial charge < -0.3 is 4.65 Å². The summed E-state index contributed by atoms with van der Waals surface area (Å²) < 4.78 is 4.47. The van der Waals surface area contributed by atoms with Crippen molar-refractivity contribution in [1.82, 2.24) is 4.65 Å². The van der Waals surface area contributed by atoms with Crippen LogP contribution < -0.4 is 4.65 Å². The fraction of sp³-hybridized carbons (Fsp3) is 0.692. The topological polar surface area (TPSA) is 12.0 Å². The molecule has 0 fully saturated rings. The molecule has 0 aromatic heterocycles. The molecule has 0 radical (unpaired) electrons. The van der Waals surface area contributed by atoms with E-state index in [1.54, 1.807) is 0 Å². The Morgan fingerprint density at radius 1 is 0.765 bits per heavy atom. The molecule has 0 amide bonds. The third-order valence-corrected chi connectivity index (χ3v) is 18.6. The molecule has 1 rings (SSSR count). The highest BCUT2D eigenvalue weighted by Crippen LogP contribution is 2.50. The molecule has 98 valence electrons. The number of allylic oxidation sites excluding steroid dienone is 4. The minimum atomic E-state index is -1.49. The maximum Gasteiger partial charge on any atom is 0.124 e. The summed E-state index contributed by atoms with van der Waals surface area (Å²) in [5.74, 6) is 0. The second kappa shape index (κ2) is 4.33. The molecule has 0 bridgehead atoms. The van der Waals surface area contributed by atoms with Crippen molar-refractivity contribution in [2.24, 2.45) is 0 Å². The predicted molar refractivity (Wildman–Crippen MR) is 88.3 cm³/mol. The Morgan fingerprint density at radius 3 is 1.47 bits per heavy atom. The molecule has 1 nitrogen and oxygen atoms in total. The van der Waals surface area contributed by atoms with E-state index in [0.29, 0.717) is 4.66 Å². The Morgan fingerprint density at radius 2 is 1.18 bits per heavy atom. The molecule has 0 aromatic rings. The van der Waals surface area contributed by atoms with Crippen LogP contribution in [-0.4, -0.2) is 24.5 Å². The average Bonchev–Trinajstić information content (AvgIpc) is 2.44. The minimum Gasteiger partial charge on any atom is -0.359 e. The first-order valence-electron chi connectivity index (χ1n) is 6.58. The molecule has 17 heavy (non-hydrogen) atoms. The van der Waals surface area contributed by atoms with Gasteiger partial charge in [0, 0.05) is 4.66 Å². The molecule has 4 heteroatoms. The standard InChI is InChI=1S/C13H29NSi3/c1-15(2,3)13(11-9-10-12-13)17(7,8)14-16(4,5)6/h9-12,14H,1-8H3. The van der Waals surface area contributed by atoms with E-state index in [0.717, 1.165) is 0 Å². The van der Waals surface area contributed by atoms with E-state index in [4.69, 9.17) is 0 Å². The normalized spacial score (nSPS) is 20.0. The summed E-state index contributed by atoms with van der Waals surface area (Å²) in [6.07, 6.45) is 9.52. The lowest BCUT2D eigenvalue weighted by Gasteiger charge is -2.51. The zero-order valence-electron chi connectivity index (χ0n) is 12.8. The summed E-state index contributed by atoms with van der Waals surface area (Å²) >= 11 is 0. The van der Waals surface area contributed by atoms with Gasteiger partial charge in [-0.3, -0.25) is 0 Å². The number of hydrogen-bond acceptors (Lipinski definition) is 1. The molecule has 0 unspecified atom stereocenters. The molecule has 0 saturated carbocycles. The average molecular weight is 284 g/mol. The summed E-state index contributed by atoms with van der Waals surface area (Å²) in [6.45, 7) is 19.8. The first-order chi connectivity index (χ1) is 7.41. The van der Waals surface area contributed by atoms with Gasteiger partial charge in [-0.15, -0.1) is 0 Å². The summed E-state index contributed by atoms with van der Waals surface area (Å²) in [6, 6.07) is 0. The zero-order valence-corrected chi connectivity index (χ0v) is 15.8. The predicted octanol–water partition coefficient (Wildman–Crippen LogP) is 4.36. The fourth-order valence-electron chi connectivity index (χ4n) is 3.37. The van der Waals surface area contributed by atoms with Crippen LogP contribution >= 0.6 is 0 Å². The fourth-order valence-corrected chi connectivity index (χ4v) is 22.0. The third kappa shape index (κ3) is 2.92. The molecule has 0 aromatic carbocycles. The van der Waals surface area contributed by atoms with E-state index in [-0.39, 0.29) is 0 Å². The summed E-state index contributed by atoms with van der Waals surface area (Å²) in [4.78, 5) is 0. The van der Waals surface area contributed by atoms with E-state index in [1.165, 1.54) is 0 Å². The van der Waals surface area contributed by atoms with Gasteiger partial charge in [0.1, 0.15) is 16.5 Å². The van der Waals surface area contributed by atoms with E-state index in [1.807, 2.05) is 0 Å². The van der Waals surface area contributed by atoms with Crippen LogP contribution in [0.2, 0.25) is 57.0 Å². The molecule has 1 aliphatic carbocycles. The van der Waals surface area contributed by atoms with Gasteiger partial charge in [0.15, 0.2) is 0 Å². The van der Waals surface area contributed by atoms with Crippen molar-refractivity contribution in [2.75, 3.05) is 0 Å². The Balaban J connectivity index is 3.17. The largest absolute Gasteiger partial charge is 0.359 e. The minimum absolute atomic E-state index is 0.375. The number of rotatable bonds is 4. The van der Waals surface area contributed by atoms with Crippen LogP contribution in [-0.2, 0) is 0 Å². The first kappa shape index (κ1) is 15.1. The lowest BCUT2D eigenvalue weighted by Crippen LogP contribution is -2.67. The van der Waals surface area contributed by atoms with Gasteiger partial charge in [0.05, 0.1) is 8.07 Å². The van der Waals surface area contributed by atoms with Crippen LogP contribution in [0.25, 0.3) is 0 Å². The SMILES string of the molecule is C[Si](C)(C)N[Si](C)(C)C1([Si](C)(C)C)C=CC=C1. The van der Waals surface area contributed by atoms with Crippen LogP contribution in [0.1, 0.15) is 0 Å². The van der Waals surface area contributed by atoms with Crippen LogP contribution in [0.15, 0.2) is 24.3 Å². The van der Waals surface area contributed by atoms with Crippen molar-refractivity contribution < 1.29 is 0 Å². The van der Waals surface area contributed by atoms with Crippen molar-refractivity contribution >= 4 is 24.5 Å². The van der Waals surface area contributed by atoms with Gasteiger partial charge in [-0.05, 0) is 0 Å². The maximum absolute atomic E-state index is 4.09. The Labute approximate surface area is 111 Å². The summed E-state index contributed by atoms with van der Waals surface area (Å²) in [5.41, 5.74) is 0. The first-order valence-corrected chi connectivity index (χ1v) is 16.6. The molecule has 0 saturated heterocycles. The Bertz CT molecular complexity index is 331. The molecule has 0 aliphatic heterocycles.